The second-order valence-electron chi connectivity index (χ2n) is 4.38. The summed E-state index contributed by atoms with van der Waals surface area (Å²) in [6, 6.07) is 11.5. The van der Waals surface area contributed by atoms with Crippen molar-refractivity contribution >= 4 is 16.6 Å². The summed E-state index contributed by atoms with van der Waals surface area (Å²) in [5.74, 6) is 1.22. The molecule has 1 aromatic heterocycles. The molecule has 5 nitrogen and oxygen atoms in total. The van der Waals surface area contributed by atoms with Gasteiger partial charge >= 0.3 is 0 Å². The lowest BCUT2D eigenvalue weighted by atomic mass is 10.2. The Labute approximate surface area is 116 Å². The predicted molar refractivity (Wildman–Crippen MR) is 78.6 cm³/mol. The van der Waals surface area contributed by atoms with Gasteiger partial charge in [0.15, 0.2) is 11.5 Å². The number of hydrogen-bond acceptors (Lipinski definition) is 4. The van der Waals surface area contributed by atoms with E-state index in [0.29, 0.717) is 17.2 Å². The molecule has 0 unspecified atom stereocenters. The Hall–Kier alpha value is -2.69. The van der Waals surface area contributed by atoms with Gasteiger partial charge in [-0.3, -0.25) is 0 Å². The summed E-state index contributed by atoms with van der Waals surface area (Å²) < 4.78 is 12.4. The molecule has 0 saturated heterocycles. The maximum absolute atomic E-state index is 6.11. The third-order valence-corrected chi connectivity index (χ3v) is 3.24. The number of fused-ring (bicyclic) bond motifs is 1. The van der Waals surface area contributed by atoms with E-state index >= 15 is 0 Å². The van der Waals surface area contributed by atoms with Crippen molar-refractivity contribution in [3.8, 4) is 17.2 Å². The van der Waals surface area contributed by atoms with Crippen LogP contribution in [0.15, 0.2) is 42.6 Å². The molecular weight excluding hydrogens is 254 g/mol. The number of hydrogen-bond donors (Lipinski definition) is 1. The molecule has 0 aliphatic rings. The smallest absolute Gasteiger partial charge is 0.163 e. The Bertz CT molecular complexity index is 765. The number of nitrogens with zero attached hydrogens (tertiary/aromatic N) is 2. The number of rotatable bonds is 3. The molecule has 5 heteroatoms. The highest BCUT2D eigenvalue weighted by molar-refractivity contribution is 5.82. The number of anilines is 1. The average Bonchev–Trinajstić information content (AvgIpc) is 2.90. The summed E-state index contributed by atoms with van der Waals surface area (Å²) in [7, 11) is 3.18. The van der Waals surface area contributed by atoms with Crippen molar-refractivity contribution in [1.29, 1.82) is 0 Å². The molecule has 0 radical (unpaired) electrons. The van der Waals surface area contributed by atoms with Gasteiger partial charge in [-0.2, -0.15) is 5.10 Å². The fourth-order valence-electron chi connectivity index (χ4n) is 2.23. The first-order valence-electron chi connectivity index (χ1n) is 6.19. The molecule has 0 spiro atoms. The van der Waals surface area contributed by atoms with Crippen LogP contribution >= 0.6 is 0 Å². The summed E-state index contributed by atoms with van der Waals surface area (Å²) in [4.78, 5) is 0. The van der Waals surface area contributed by atoms with E-state index < -0.39 is 0 Å². The Kier molecular flexibility index (Phi) is 2.95. The van der Waals surface area contributed by atoms with Crippen LogP contribution in [0.2, 0.25) is 0 Å². The van der Waals surface area contributed by atoms with E-state index in [-0.39, 0.29) is 0 Å². The van der Waals surface area contributed by atoms with Crippen molar-refractivity contribution in [2.24, 2.45) is 0 Å². The molecule has 0 aliphatic carbocycles. The van der Waals surface area contributed by atoms with Crippen LogP contribution in [-0.2, 0) is 0 Å². The van der Waals surface area contributed by atoms with Crippen LogP contribution in [0, 0.1) is 0 Å². The van der Waals surface area contributed by atoms with Crippen molar-refractivity contribution in [2.45, 2.75) is 0 Å². The van der Waals surface area contributed by atoms with E-state index in [1.807, 2.05) is 36.5 Å². The van der Waals surface area contributed by atoms with Crippen LogP contribution in [0.3, 0.4) is 0 Å². The fourth-order valence-corrected chi connectivity index (χ4v) is 2.23. The van der Waals surface area contributed by atoms with Crippen molar-refractivity contribution < 1.29 is 9.47 Å². The quantitative estimate of drug-likeness (QED) is 0.742. The van der Waals surface area contributed by atoms with Crippen LogP contribution in [0.25, 0.3) is 16.6 Å². The molecule has 0 aliphatic heterocycles. The summed E-state index contributed by atoms with van der Waals surface area (Å²) in [6.07, 6.45) is 1.81. The number of ether oxygens (including phenoxy) is 2. The lowest BCUT2D eigenvalue weighted by Crippen LogP contribution is -2.03. The summed E-state index contributed by atoms with van der Waals surface area (Å²) in [5, 5.41) is 5.45. The van der Waals surface area contributed by atoms with E-state index in [1.54, 1.807) is 25.0 Å². The first-order valence-corrected chi connectivity index (χ1v) is 6.19. The minimum Gasteiger partial charge on any atom is -0.493 e. The van der Waals surface area contributed by atoms with Crippen molar-refractivity contribution in [2.75, 3.05) is 20.0 Å². The number of nitrogens with two attached hydrogens (primary N) is 1. The molecule has 0 atom stereocenters. The molecule has 0 amide bonds. The number of aromatic nitrogens is 2. The zero-order valence-corrected chi connectivity index (χ0v) is 11.3. The average molecular weight is 269 g/mol. The van der Waals surface area contributed by atoms with Gasteiger partial charge in [-0.1, -0.05) is 18.2 Å². The fraction of sp³-hybridized carbons (Fsp3) is 0.133. The Morgan fingerprint density at radius 3 is 2.50 bits per heavy atom. The highest BCUT2D eigenvalue weighted by atomic mass is 16.5. The highest BCUT2D eigenvalue weighted by Crippen LogP contribution is 2.34. The zero-order chi connectivity index (χ0) is 14.1. The monoisotopic (exact) mass is 269 g/mol. The predicted octanol–water partition coefficient (Wildman–Crippen LogP) is 2.62. The minimum absolute atomic E-state index is 0.580. The third-order valence-electron chi connectivity index (χ3n) is 3.24. The van der Waals surface area contributed by atoms with E-state index in [4.69, 9.17) is 15.2 Å². The molecule has 0 bridgehead atoms. The van der Waals surface area contributed by atoms with Crippen molar-refractivity contribution in [3.63, 3.8) is 0 Å². The largest absolute Gasteiger partial charge is 0.493 e. The van der Waals surface area contributed by atoms with Crippen LogP contribution < -0.4 is 15.2 Å². The van der Waals surface area contributed by atoms with Crippen LogP contribution in [-0.4, -0.2) is 24.0 Å². The summed E-state index contributed by atoms with van der Waals surface area (Å²) >= 11 is 0. The Morgan fingerprint density at radius 2 is 1.75 bits per heavy atom. The van der Waals surface area contributed by atoms with E-state index in [9.17, 15) is 0 Å². The number of methoxy groups -OCH3 is 2. The van der Waals surface area contributed by atoms with Gasteiger partial charge in [-0.05, 0) is 6.07 Å². The topological polar surface area (TPSA) is 62.3 Å². The molecule has 2 N–H and O–H groups in total. The number of para-hydroxylation sites is 1. The number of benzene rings is 2. The normalized spacial score (nSPS) is 10.7. The van der Waals surface area contributed by atoms with Gasteiger partial charge in [-0.15, -0.1) is 0 Å². The van der Waals surface area contributed by atoms with Gasteiger partial charge in [0.2, 0.25) is 0 Å². The lowest BCUT2D eigenvalue weighted by molar-refractivity contribution is 0.355. The van der Waals surface area contributed by atoms with E-state index in [2.05, 4.69) is 5.10 Å². The molecule has 3 rings (SSSR count). The second kappa shape index (κ2) is 4.77. The number of nitrogen functional groups attached to an aromatic ring is 1. The van der Waals surface area contributed by atoms with Crippen molar-refractivity contribution in [1.82, 2.24) is 9.78 Å². The lowest BCUT2D eigenvalue weighted by Gasteiger charge is -2.13. The van der Waals surface area contributed by atoms with Gasteiger partial charge in [0.05, 0.1) is 37.3 Å². The SMILES string of the molecule is COc1cc(N)c(-n2ncc3ccccc32)cc1OC. The van der Waals surface area contributed by atoms with E-state index in [1.165, 1.54) is 0 Å². The first kappa shape index (κ1) is 12.3. The maximum atomic E-state index is 6.11. The molecular formula is C15H15N3O2. The molecule has 3 aromatic rings. The van der Waals surface area contributed by atoms with E-state index in [0.717, 1.165) is 16.6 Å². The van der Waals surface area contributed by atoms with Crippen molar-refractivity contribution in [3.05, 3.63) is 42.6 Å². The van der Waals surface area contributed by atoms with Gasteiger partial charge in [0.1, 0.15) is 0 Å². The van der Waals surface area contributed by atoms with Gasteiger partial charge in [-0.25, -0.2) is 4.68 Å². The second-order valence-corrected chi connectivity index (χ2v) is 4.38. The van der Waals surface area contributed by atoms with Gasteiger partial charge < -0.3 is 15.2 Å². The van der Waals surface area contributed by atoms with Crippen LogP contribution in [0.4, 0.5) is 5.69 Å². The molecule has 1 heterocycles. The van der Waals surface area contributed by atoms with Gasteiger partial charge in [0.25, 0.3) is 0 Å². The van der Waals surface area contributed by atoms with Crippen LogP contribution in [0.5, 0.6) is 11.5 Å². The zero-order valence-electron chi connectivity index (χ0n) is 11.3. The molecule has 0 saturated carbocycles. The standard InChI is InChI=1S/C15H15N3O2/c1-19-14-7-11(16)13(8-15(14)20-2)18-12-6-4-3-5-10(12)9-17-18/h3-9H,16H2,1-2H3. The van der Waals surface area contributed by atoms with Gasteiger partial charge in [0, 0.05) is 17.5 Å². The maximum Gasteiger partial charge on any atom is 0.163 e. The highest BCUT2D eigenvalue weighted by Gasteiger charge is 2.13. The molecule has 0 fully saturated rings. The Morgan fingerprint density at radius 1 is 1.05 bits per heavy atom. The first-order chi connectivity index (χ1) is 9.74. The molecule has 20 heavy (non-hydrogen) atoms. The minimum atomic E-state index is 0.580. The third kappa shape index (κ3) is 1.84. The summed E-state index contributed by atoms with van der Waals surface area (Å²) in [6.45, 7) is 0. The Balaban J connectivity index is 2.24. The van der Waals surface area contributed by atoms with Crippen LogP contribution in [0.1, 0.15) is 0 Å². The summed E-state index contributed by atoms with van der Waals surface area (Å²) in [5.41, 5.74) is 8.45. The molecule has 102 valence electrons. The molecule has 2 aromatic carbocycles.